The summed E-state index contributed by atoms with van der Waals surface area (Å²) in [6.07, 6.45) is 2.42. The maximum absolute atomic E-state index is 13.3. The normalized spacial score (nSPS) is 18.2. The van der Waals surface area contributed by atoms with Crippen molar-refractivity contribution in [2.45, 2.75) is 25.8 Å². The van der Waals surface area contributed by atoms with Gasteiger partial charge in [0.2, 0.25) is 5.91 Å². The molecule has 0 radical (unpaired) electrons. The Balaban J connectivity index is 1.41. The lowest BCUT2D eigenvalue weighted by molar-refractivity contribution is -0.137. The van der Waals surface area contributed by atoms with Crippen LogP contribution in [0.2, 0.25) is 0 Å². The minimum absolute atomic E-state index is 0.123. The number of benzene rings is 2. The average molecular weight is 424 g/mol. The van der Waals surface area contributed by atoms with E-state index in [-0.39, 0.29) is 17.9 Å². The van der Waals surface area contributed by atoms with Gasteiger partial charge in [0.05, 0.1) is 20.1 Å². The molecular weight excluding hydrogens is 394 g/mol. The average Bonchev–Trinajstić information content (AvgIpc) is 2.83. The molecule has 2 heterocycles. The van der Waals surface area contributed by atoms with Crippen molar-refractivity contribution in [2.24, 2.45) is 5.92 Å². The molecule has 1 atom stereocenters. The molecule has 31 heavy (non-hydrogen) atoms. The van der Waals surface area contributed by atoms with Crippen LogP contribution in [-0.4, -0.2) is 55.6 Å². The van der Waals surface area contributed by atoms with Crippen LogP contribution >= 0.6 is 0 Å². The number of hydrogen-bond acceptors (Lipinski definition) is 4. The van der Waals surface area contributed by atoms with Crippen molar-refractivity contribution in [2.75, 3.05) is 39.2 Å². The molecule has 0 bridgehead atoms. The summed E-state index contributed by atoms with van der Waals surface area (Å²) in [5, 5.41) is 2.92. The second kappa shape index (κ2) is 9.29. The summed E-state index contributed by atoms with van der Waals surface area (Å²) in [5.41, 5.74) is 3.04. The first-order chi connectivity index (χ1) is 15.1. The lowest BCUT2D eigenvalue weighted by Crippen LogP contribution is -2.48. The first-order valence-electron chi connectivity index (χ1n) is 10.7. The van der Waals surface area contributed by atoms with Gasteiger partial charge in [-0.3, -0.25) is 4.79 Å². The van der Waals surface area contributed by atoms with Crippen LogP contribution < -0.4 is 14.8 Å². The third-order valence-corrected chi connectivity index (χ3v) is 6.11. The predicted octanol–water partition coefficient (Wildman–Crippen LogP) is 3.53. The molecule has 0 aromatic heterocycles. The minimum atomic E-state index is -0.169. The van der Waals surface area contributed by atoms with Crippen LogP contribution in [0, 0.1) is 5.92 Å². The highest BCUT2D eigenvalue weighted by Crippen LogP contribution is 2.34. The van der Waals surface area contributed by atoms with E-state index in [0.717, 1.165) is 30.5 Å². The van der Waals surface area contributed by atoms with Crippen LogP contribution in [0.15, 0.2) is 42.5 Å². The molecule has 1 N–H and O–H groups in total. The molecule has 1 unspecified atom stereocenters. The molecule has 2 aromatic rings. The molecule has 7 nitrogen and oxygen atoms in total. The largest absolute Gasteiger partial charge is 0.493 e. The number of nitrogens with one attached hydrogen (secondary N) is 1. The second-order valence-corrected chi connectivity index (χ2v) is 8.07. The number of piperidine rings is 1. The van der Waals surface area contributed by atoms with E-state index in [1.165, 1.54) is 5.56 Å². The summed E-state index contributed by atoms with van der Waals surface area (Å²) in [6.45, 7) is 2.35. The summed E-state index contributed by atoms with van der Waals surface area (Å²) in [6, 6.07) is 13.2. The van der Waals surface area contributed by atoms with Crippen molar-refractivity contribution in [3.63, 3.8) is 0 Å². The molecule has 164 valence electrons. The molecule has 4 rings (SSSR count). The number of anilines is 1. The van der Waals surface area contributed by atoms with Crippen molar-refractivity contribution in [1.29, 1.82) is 0 Å². The zero-order chi connectivity index (χ0) is 21.8. The quantitative estimate of drug-likeness (QED) is 0.817. The molecule has 1 fully saturated rings. The number of carbonyl (C=O) groups excluding carboxylic acids is 2. The van der Waals surface area contributed by atoms with E-state index in [9.17, 15) is 9.59 Å². The fourth-order valence-corrected chi connectivity index (χ4v) is 4.42. The van der Waals surface area contributed by atoms with Gasteiger partial charge in [-0.05, 0) is 54.7 Å². The minimum Gasteiger partial charge on any atom is -0.493 e. The lowest BCUT2D eigenvalue weighted by atomic mass is 9.93. The fourth-order valence-electron chi connectivity index (χ4n) is 4.42. The highest BCUT2D eigenvalue weighted by Gasteiger charge is 2.33. The van der Waals surface area contributed by atoms with E-state index in [1.54, 1.807) is 19.1 Å². The molecule has 3 amide bonds. The van der Waals surface area contributed by atoms with Crippen molar-refractivity contribution in [3.8, 4) is 11.5 Å². The van der Waals surface area contributed by atoms with E-state index >= 15 is 0 Å². The third kappa shape index (κ3) is 4.60. The molecule has 0 aliphatic carbocycles. The third-order valence-electron chi connectivity index (χ3n) is 6.11. The maximum atomic E-state index is 13.3. The van der Waals surface area contributed by atoms with Crippen LogP contribution in [0.5, 0.6) is 11.5 Å². The molecule has 1 saturated heterocycles. The molecule has 0 saturated carbocycles. The van der Waals surface area contributed by atoms with Gasteiger partial charge in [-0.15, -0.1) is 0 Å². The number of nitrogens with zero attached hydrogens (tertiary/aromatic N) is 2. The Morgan fingerprint density at radius 2 is 1.68 bits per heavy atom. The van der Waals surface area contributed by atoms with E-state index in [2.05, 4.69) is 5.32 Å². The number of ether oxygens (including phenoxy) is 2. The number of fused-ring (bicyclic) bond motifs is 1. The molecule has 0 spiro atoms. The van der Waals surface area contributed by atoms with Crippen LogP contribution in [0.4, 0.5) is 10.5 Å². The first-order valence-corrected chi connectivity index (χ1v) is 10.7. The second-order valence-electron chi connectivity index (χ2n) is 8.07. The lowest BCUT2D eigenvalue weighted by Gasteiger charge is -2.37. The van der Waals surface area contributed by atoms with Gasteiger partial charge in [0.15, 0.2) is 11.5 Å². The molecular formula is C24H29N3O4. The molecule has 7 heteroatoms. The summed E-state index contributed by atoms with van der Waals surface area (Å²) >= 11 is 0. The van der Waals surface area contributed by atoms with Gasteiger partial charge < -0.3 is 24.6 Å². The van der Waals surface area contributed by atoms with Crippen molar-refractivity contribution in [3.05, 3.63) is 53.6 Å². The smallest absolute Gasteiger partial charge is 0.321 e. The standard InChI is InChI=1S/C24H29N3O4/c1-30-21-13-17-10-12-26(16-19(17)14-22(21)31-2)23(28)18-7-6-11-27(15-18)24(29)25-20-8-4-3-5-9-20/h3-5,8-9,13-14,18H,6-7,10-12,15-16H2,1-2H3,(H,25,29). The summed E-state index contributed by atoms with van der Waals surface area (Å²) < 4.78 is 10.8. The number of carbonyl (C=O) groups is 2. The monoisotopic (exact) mass is 423 g/mol. The van der Waals surface area contributed by atoms with E-state index in [4.69, 9.17) is 9.47 Å². The van der Waals surface area contributed by atoms with E-state index in [1.807, 2.05) is 47.4 Å². The van der Waals surface area contributed by atoms with Gasteiger partial charge in [-0.2, -0.15) is 0 Å². The maximum Gasteiger partial charge on any atom is 0.321 e. The topological polar surface area (TPSA) is 71.1 Å². The number of para-hydroxylation sites is 1. The van der Waals surface area contributed by atoms with E-state index in [0.29, 0.717) is 37.7 Å². The van der Waals surface area contributed by atoms with Gasteiger partial charge in [0.25, 0.3) is 0 Å². The Kier molecular flexibility index (Phi) is 6.30. The van der Waals surface area contributed by atoms with E-state index < -0.39 is 0 Å². The number of methoxy groups -OCH3 is 2. The summed E-state index contributed by atoms with van der Waals surface area (Å²) in [5.74, 6) is 1.35. The predicted molar refractivity (Wildman–Crippen MR) is 118 cm³/mol. The SMILES string of the molecule is COc1cc2c(cc1OC)CN(C(=O)C1CCCN(C(=O)Nc3ccccc3)C1)CC2. The Labute approximate surface area is 182 Å². The highest BCUT2D eigenvalue weighted by molar-refractivity contribution is 5.90. The Hall–Kier alpha value is -3.22. The molecule has 2 aliphatic heterocycles. The van der Waals surface area contributed by atoms with Crippen molar-refractivity contribution >= 4 is 17.6 Å². The molecule has 2 aromatic carbocycles. The zero-order valence-electron chi connectivity index (χ0n) is 18.1. The van der Waals surface area contributed by atoms with Gasteiger partial charge in [0, 0.05) is 31.9 Å². The summed E-state index contributed by atoms with van der Waals surface area (Å²) in [7, 11) is 3.25. The zero-order valence-corrected chi connectivity index (χ0v) is 18.1. The highest BCUT2D eigenvalue weighted by atomic mass is 16.5. The number of hydrogen-bond donors (Lipinski definition) is 1. The number of likely N-dealkylation sites (tertiary alicyclic amines) is 1. The van der Waals surface area contributed by atoms with Gasteiger partial charge in [-0.1, -0.05) is 18.2 Å². The van der Waals surface area contributed by atoms with Gasteiger partial charge in [0.1, 0.15) is 0 Å². The number of amides is 3. The molecule has 2 aliphatic rings. The van der Waals surface area contributed by atoms with Crippen molar-refractivity contribution in [1.82, 2.24) is 9.80 Å². The fraction of sp³-hybridized carbons (Fsp3) is 0.417. The van der Waals surface area contributed by atoms with Crippen LogP contribution in [0.1, 0.15) is 24.0 Å². The Bertz CT molecular complexity index is 947. The van der Waals surface area contributed by atoms with Crippen LogP contribution in [-0.2, 0) is 17.8 Å². The van der Waals surface area contributed by atoms with Gasteiger partial charge in [-0.25, -0.2) is 4.79 Å². The van der Waals surface area contributed by atoms with Crippen LogP contribution in [0.3, 0.4) is 0 Å². The van der Waals surface area contributed by atoms with Crippen molar-refractivity contribution < 1.29 is 19.1 Å². The number of rotatable bonds is 4. The van der Waals surface area contributed by atoms with Crippen LogP contribution in [0.25, 0.3) is 0 Å². The first kappa shape index (κ1) is 21.0. The van der Waals surface area contributed by atoms with Gasteiger partial charge >= 0.3 is 6.03 Å². The number of urea groups is 1. The Morgan fingerprint density at radius 1 is 0.968 bits per heavy atom. The Morgan fingerprint density at radius 3 is 2.39 bits per heavy atom. The summed E-state index contributed by atoms with van der Waals surface area (Å²) in [4.78, 5) is 29.6.